The van der Waals surface area contributed by atoms with Crippen LogP contribution in [0.2, 0.25) is 0 Å². The smallest absolute Gasteiger partial charge is 0.180 e. The van der Waals surface area contributed by atoms with Gasteiger partial charge in [-0.15, -0.1) is 0 Å². The van der Waals surface area contributed by atoms with Crippen LogP contribution >= 0.6 is 0 Å². The Morgan fingerprint density at radius 1 is 1.24 bits per heavy atom. The van der Waals surface area contributed by atoms with Crippen molar-refractivity contribution in [2.24, 2.45) is 5.73 Å². The molecular weight excluding hydrogens is 288 g/mol. The Kier molecular flexibility index (Phi) is 7.39. The van der Waals surface area contributed by atoms with E-state index in [0.29, 0.717) is 12.2 Å². The minimum absolute atomic E-state index is 0.0534. The normalized spacial score (nSPS) is 11.5. The van der Waals surface area contributed by atoms with E-state index in [9.17, 15) is 8.42 Å². The van der Waals surface area contributed by atoms with Crippen molar-refractivity contribution < 1.29 is 13.2 Å². The highest BCUT2D eigenvalue weighted by Crippen LogP contribution is 2.13. The summed E-state index contributed by atoms with van der Waals surface area (Å²) in [6.07, 6.45) is 4.43. The molecule has 0 amide bonds. The number of hydrogen-bond acceptors (Lipinski definition) is 4. The lowest BCUT2D eigenvalue weighted by atomic mass is 10.2. The minimum Gasteiger partial charge on any atom is -0.384 e. The molecule has 0 aliphatic heterocycles. The van der Waals surface area contributed by atoms with Gasteiger partial charge in [0.05, 0.1) is 17.3 Å². The van der Waals surface area contributed by atoms with Gasteiger partial charge in [0.2, 0.25) is 0 Å². The molecule has 0 radical (unpaired) electrons. The highest BCUT2D eigenvalue weighted by molar-refractivity contribution is 7.91. The van der Waals surface area contributed by atoms with E-state index in [0.717, 1.165) is 12.8 Å². The zero-order valence-electron chi connectivity index (χ0n) is 12.5. The number of sulfone groups is 1. The van der Waals surface area contributed by atoms with Crippen LogP contribution in [0, 0.1) is 5.41 Å². The van der Waals surface area contributed by atoms with Gasteiger partial charge >= 0.3 is 0 Å². The van der Waals surface area contributed by atoms with Crippen LogP contribution in [0.4, 0.5) is 0 Å². The predicted molar refractivity (Wildman–Crippen MR) is 84.5 cm³/mol. The number of nitrogen functional groups attached to an aromatic ring is 1. The lowest BCUT2D eigenvalue weighted by Gasteiger charge is -2.07. The molecule has 0 bridgehead atoms. The molecule has 1 aromatic carbocycles. The average Bonchev–Trinajstić information content (AvgIpc) is 2.46. The Labute approximate surface area is 126 Å². The molecule has 0 spiro atoms. The van der Waals surface area contributed by atoms with Crippen molar-refractivity contribution in [3.05, 3.63) is 29.8 Å². The number of unbranched alkanes of at least 4 members (excludes halogenated alkanes) is 3. The first-order chi connectivity index (χ1) is 9.97. The van der Waals surface area contributed by atoms with E-state index in [1.165, 1.54) is 25.0 Å². The molecule has 0 heterocycles. The Morgan fingerprint density at radius 3 is 2.67 bits per heavy atom. The van der Waals surface area contributed by atoms with Crippen molar-refractivity contribution in [2.45, 2.75) is 37.5 Å². The van der Waals surface area contributed by atoms with Gasteiger partial charge < -0.3 is 10.5 Å². The third kappa shape index (κ3) is 6.27. The monoisotopic (exact) mass is 312 g/mol. The molecule has 1 rings (SSSR count). The van der Waals surface area contributed by atoms with Gasteiger partial charge in [-0.2, -0.15) is 0 Å². The van der Waals surface area contributed by atoms with Crippen LogP contribution in [0.3, 0.4) is 0 Å². The molecule has 0 aliphatic carbocycles. The maximum absolute atomic E-state index is 12.2. The predicted octanol–water partition coefficient (Wildman–Crippen LogP) is 2.34. The maximum Gasteiger partial charge on any atom is 0.180 e. The van der Waals surface area contributed by atoms with Crippen molar-refractivity contribution in [1.82, 2.24) is 0 Å². The summed E-state index contributed by atoms with van der Waals surface area (Å²) in [5.41, 5.74) is 5.78. The standard InChI is InChI=1S/C15H24N2O3S/c1-2-3-4-5-9-20-10-11-21(18,19)14-8-6-7-13(12-14)15(16)17/h6-8,12H,2-5,9-11H2,1H3,(H3,16,17). The van der Waals surface area contributed by atoms with Crippen LogP contribution in [-0.4, -0.2) is 33.2 Å². The van der Waals surface area contributed by atoms with Crippen LogP contribution in [0.5, 0.6) is 0 Å². The zero-order valence-corrected chi connectivity index (χ0v) is 13.3. The minimum atomic E-state index is -3.39. The number of hydrogen-bond donors (Lipinski definition) is 2. The Hall–Kier alpha value is -1.40. The second kappa shape index (κ2) is 8.79. The molecule has 0 atom stereocenters. The molecule has 0 aliphatic rings. The van der Waals surface area contributed by atoms with Crippen LogP contribution in [-0.2, 0) is 14.6 Å². The number of rotatable bonds is 10. The van der Waals surface area contributed by atoms with E-state index < -0.39 is 9.84 Å². The van der Waals surface area contributed by atoms with Gasteiger partial charge in [0.25, 0.3) is 0 Å². The van der Waals surface area contributed by atoms with E-state index in [2.05, 4.69) is 6.92 Å². The first-order valence-corrected chi connectivity index (χ1v) is 8.87. The van der Waals surface area contributed by atoms with Gasteiger partial charge in [-0.1, -0.05) is 38.3 Å². The summed E-state index contributed by atoms with van der Waals surface area (Å²) in [6, 6.07) is 6.16. The molecule has 3 N–H and O–H groups in total. The van der Waals surface area contributed by atoms with Gasteiger partial charge in [-0.05, 0) is 18.6 Å². The first-order valence-electron chi connectivity index (χ1n) is 7.22. The van der Waals surface area contributed by atoms with Crippen molar-refractivity contribution in [3.63, 3.8) is 0 Å². The van der Waals surface area contributed by atoms with Gasteiger partial charge in [0.15, 0.2) is 9.84 Å². The fourth-order valence-corrected chi connectivity index (χ4v) is 3.04. The van der Waals surface area contributed by atoms with E-state index in [-0.39, 0.29) is 23.1 Å². The first kappa shape index (κ1) is 17.7. The van der Waals surface area contributed by atoms with E-state index in [4.69, 9.17) is 15.9 Å². The Bertz CT molecular complexity index is 556. The van der Waals surface area contributed by atoms with Crippen LogP contribution in [0.25, 0.3) is 0 Å². The molecule has 5 nitrogen and oxygen atoms in total. The van der Waals surface area contributed by atoms with Crippen LogP contribution in [0.15, 0.2) is 29.2 Å². The molecule has 0 unspecified atom stereocenters. The lowest BCUT2D eigenvalue weighted by Crippen LogP contribution is -2.15. The quantitative estimate of drug-likeness (QED) is 0.394. The van der Waals surface area contributed by atoms with Gasteiger partial charge in [0.1, 0.15) is 5.84 Å². The number of nitrogens with two attached hydrogens (primary N) is 1. The summed E-state index contributed by atoms with van der Waals surface area (Å²) in [5, 5.41) is 7.34. The number of amidine groups is 1. The summed E-state index contributed by atoms with van der Waals surface area (Å²) in [5.74, 6) is -0.193. The van der Waals surface area contributed by atoms with Crippen LogP contribution < -0.4 is 5.73 Å². The fourth-order valence-electron chi connectivity index (χ4n) is 1.88. The molecule has 0 fully saturated rings. The second-order valence-electron chi connectivity index (χ2n) is 4.93. The zero-order chi connectivity index (χ0) is 15.7. The molecular formula is C15H24N2O3S. The van der Waals surface area contributed by atoms with E-state index in [1.54, 1.807) is 12.1 Å². The molecule has 0 saturated heterocycles. The summed E-state index contributed by atoms with van der Waals surface area (Å²) in [6.45, 7) is 2.93. The Morgan fingerprint density at radius 2 is 2.00 bits per heavy atom. The van der Waals surface area contributed by atoms with Crippen molar-refractivity contribution in [3.8, 4) is 0 Å². The van der Waals surface area contributed by atoms with E-state index >= 15 is 0 Å². The molecule has 118 valence electrons. The third-order valence-electron chi connectivity index (χ3n) is 3.14. The third-order valence-corrected chi connectivity index (χ3v) is 4.82. The summed E-state index contributed by atoms with van der Waals surface area (Å²) in [4.78, 5) is 0.185. The van der Waals surface area contributed by atoms with Gasteiger partial charge in [-0.25, -0.2) is 8.42 Å². The SMILES string of the molecule is CCCCCCOCCS(=O)(=O)c1cccc(C(=N)N)c1. The summed E-state index contributed by atoms with van der Waals surface area (Å²) >= 11 is 0. The van der Waals surface area contributed by atoms with Crippen LogP contribution in [0.1, 0.15) is 38.2 Å². The highest BCUT2D eigenvalue weighted by Gasteiger charge is 2.15. The number of benzene rings is 1. The largest absolute Gasteiger partial charge is 0.384 e. The molecule has 6 heteroatoms. The van der Waals surface area contributed by atoms with E-state index in [1.807, 2.05) is 0 Å². The van der Waals surface area contributed by atoms with Gasteiger partial charge in [0, 0.05) is 12.2 Å². The number of nitrogens with one attached hydrogen (secondary N) is 1. The number of ether oxygens (including phenoxy) is 1. The average molecular weight is 312 g/mol. The molecule has 0 aromatic heterocycles. The topological polar surface area (TPSA) is 93.2 Å². The van der Waals surface area contributed by atoms with Crippen molar-refractivity contribution in [2.75, 3.05) is 19.0 Å². The molecule has 1 aromatic rings. The maximum atomic E-state index is 12.2. The highest BCUT2D eigenvalue weighted by atomic mass is 32.2. The summed E-state index contributed by atoms with van der Waals surface area (Å²) < 4.78 is 29.7. The van der Waals surface area contributed by atoms with Crippen molar-refractivity contribution in [1.29, 1.82) is 5.41 Å². The van der Waals surface area contributed by atoms with Gasteiger partial charge in [-0.3, -0.25) is 5.41 Å². The lowest BCUT2D eigenvalue weighted by molar-refractivity contribution is 0.144. The molecule has 0 saturated carbocycles. The molecule has 21 heavy (non-hydrogen) atoms. The Balaban J connectivity index is 2.46. The second-order valence-corrected chi connectivity index (χ2v) is 7.04. The van der Waals surface area contributed by atoms with Crippen molar-refractivity contribution >= 4 is 15.7 Å². The fraction of sp³-hybridized carbons (Fsp3) is 0.533. The summed E-state index contributed by atoms with van der Waals surface area (Å²) in [7, 11) is -3.39.